The highest BCUT2D eigenvalue weighted by atomic mass is 16.5. The Labute approximate surface area is 136 Å². The lowest BCUT2D eigenvalue weighted by molar-refractivity contribution is -0.144. The van der Waals surface area contributed by atoms with E-state index in [1.165, 1.54) is 0 Å². The van der Waals surface area contributed by atoms with E-state index < -0.39 is 11.4 Å². The fourth-order valence-electron chi connectivity index (χ4n) is 3.26. The van der Waals surface area contributed by atoms with Crippen LogP contribution in [0.3, 0.4) is 0 Å². The lowest BCUT2D eigenvalue weighted by Gasteiger charge is -2.28. The monoisotopic (exact) mass is 310 g/mol. The number of ether oxygens (including phenoxy) is 1. The fourth-order valence-corrected chi connectivity index (χ4v) is 3.26. The van der Waals surface area contributed by atoms with Crippen LogP contribution in [-0.4, -0.2) is 23.8 Å². The molecule has 120 valence electrons. The zero-order valence-electron chi connectivity index (χ0n) is 13.4. The number of carboxylic acids is 1. The van der Waals surface area contributed by atoms with Gasteiger partial charge in [-0.1, -0.05) is 54.6 Å². The van der Waals surface area contributed by atoms with Crippen molar-refractivity contribution in [3.8, 4) is 11.1 Å². The number of carboxylic acid groups (broad SMARTS) is 1. The van der Waals surface area contributed by atoms with E-state index in [1.54, 1.807) is 6.92 Å². The Morgan fingerprint density at radius 2 is 1.91 bits per heavy atom. The van der Waals surface area contributed by atoms with E-state index in [9.17, 15) is 9.90 Å². The molecule has 1 heterocycles. The molecule has 0 saturated carbocycles. The predicted octanol–water partition coefficient (Wildman–Crippen LogP) is 4.27. The van der Waals surface area contributed by atoms with Crippen molar-refractivity contribution in [3.63, 3.8) is 0 Å². The maximum absolute atomic E-state index is 12.0. The SMILES string of the molecule is CC(CC1CCCO1)(C(=O)O)c1cccc(-c2ccccc2)c1. The maximum atomic E-state index is 12.0. The molecule has 3 rings (SSSR count). The molecule has 0 amide bonds. The van der Waals surface area contributed by atoms with Crippen molar-refractivity contribution in [2.75, 3.05) is 6.61 Å². The summed E-state index contributed by atoms with van der Waals surface area (Å²) < 4.78 is 5.67. The van der Waals surface area contributed by atoms with Crippen molar-refractivity contribution in [2.24, 2.45) is 0 Å². The fraction of sp³-hybridized carbons (Fsp3) is 0.350. The molecule has 3 heteroatoms. The van der Waals surface area contributed by atoms with Crippen LogP contribution < -0.4 is 0 Å². The first-order chi connectivity index (χ1) is 11.1. The van der Waals surface area contributed by atoms with E-state index in [4.69, 9.17) is 4.74 Å². The van der Waals surface area contributed by atoms with Crippen molar-refractivity contribution in [1.82, 2.24) is 0 Å². The lowest BCUT2D eigenvalue weighted by Crippen LogP contribution is -2.36. The van der Waals surface area contributed by atoms with Crippen molar-refractivity contribution < 1.29 is 14.6 Å². The lowest BCUT2D eigenvalue weighted by atomic mass is 9.76. The van der Waals surface area contributed by atoms with Gasteiger partial charge in [0.05, 0.1) is 11.5 Å². The predicted molar refractivity (Wildman–Crippen MR) is 90.5 cm³/mol. The van der Waals surface area contributed by atoms with E-state index >= 15 is 0 Å². The molecule has 3 nitrogen and oxygen atoms in total. The molecular formula is C20H22O3. The van der Waals surface area contributed by atoms with Crippen LogP contribution in [0.25, 0.3) is 11.1 Å². The highest BCUT2D eigenvalue weighted by Crippen LogP contribution is 2.35. The summed E-state index contributed by atoms with van der Waals surface area (Å²) in [6.07, 6.45) is 2.52. The van der Waals surface area contributed by atoms with E-state index in [-0.39, 0.29) is 6.10 Å². The molecule has 2 unspecified atom stereocenters. The van der Waals surface area contributed by atoms with Crippen LogP contribution in [0.4, 0.5) is 0 Å². The highest BCUT2D eigenvalue weighted by Gasteiger charge is 2.39. The minimum atomic E-state index is -0.931. The molecule has 23 heavy (non-hydrogen) atoms. The summed E-state index contributed by atoms with van der Waals surface area (Å²) in [6.45, 7) is 2.55. The Bertz CT molecular complexity index is 674. The molecule has 0 radical (unpaired) electrons. The second-order valence-electron chi connectivity index (χ2n) is 6.42. The Hall–Kier alpha value is -2.13. The maximum Gasteiger partial charge on any atom is 0.313 e. The minimum absolute atomic E-state index is 0.0384. The average molecular weight is 310 g/mol. The number of carbonyl (C=O) groups is 1. The van der Waals surface area contributed by atoms with Gasteiger partial charge in [-0.2, -0.15) is 0 Å². The molecule has 0 aliphatic carbocycles. The van der Waals surface area contributed by atoms with Crippen LogP contribution in [0.15, 0.2) is 54.6 Å². The van der Waals surface area contributed by atoms with Crippen LogP contribution >= 0.6 is 0 Å². The van der Waals surface area contributed by atoms with Gasteiger partial charge in [-0.05, 0) is 42.9 Å². The van der Waals surface area contributed by atoms with E-state index in [2.05, 4.69) is 0 Å². The van der Waals surface area contributed by atoms with Crippen LogP contribution in [0.2, 0.25) is 0 Å². The molecule has 0 bridgehead atoms. The number of hydrogen-bond donors (Lipinski definition) is 1. The number of rotatable bonds is 5. The summed E-state index contributed by atoms with van der Waals surface area (Å²) in [4.78, 5) is 12.0. The Morgan fingerprint density at radius 1 is 1.17 bits per heavy atom. The van der Waals surface area contributed by atoms with E-state index in [1.807, 2.05) is 54.6 Å². The molecule has 1 saturated heterocycles. The second-order valence-corrected chi connectivity index (χ2v) is 6.42. The second kappa shape index (κ2) is 6.55. The Morgan fingerprint density at radius 3 is 2.57 bits per heavy atom. The van der Waals surface area contributed by atoms with Gasteiger partial charge in [0.15, 0.2) is 0 Å². The standard InChI is InChI=1S/C20H22O3/c1-20(19(21)22,14-18-11-6-12-23-18)17-10-5-9-16(13-17)15-7-3-2-4-8-15/h2-5,7-10,13,18H,6,11-12,14H2,1H3,(H,21,22). The third kappa shape index (κ3) is 3.30. The molecule has 1 N–H and O–H groups in total. The van der Waals surface area contributed by atoms with E-state index in [0.29, 0.717) is 6.42 Å². The van der Waals surface area contributed by atoms with Gasteiger partial charge in [0, 0.05) is 6.61 Å². The Kier molecular flexibility index (Phi) is 4.49. The van der Waals surface area contributed by atoms with Gasteiger partial charge in [-0.3, -0.25) is 4.79 Å². The first-order valence-electron chi connectivity index (χ1n) is 8.10. The molecule has 1 aliphatic rings. The topological polar surface area (TPSA) is 46.5 Å². The normalized spacial score (nSPS) is 20.1. The van der Waals surface area contributed by atoms with Crippen molar-refractivity contribution in [1.29, 1.82) is 0 Å². The van der Waals surface area contributed by atoms with Gasteiger partial charge in [-0.15, -0.1) is 0 Å². The molecule has 2 aromatic rings. The van der Waals surface area contributed by atoms with Gasteiger partial charge in [0.25, 0.3) is 0 Å². The van der Waals surface area contributed by atoms with Crippen molar-refractivity contribution in [2.45, 2.75) is 37.7 Å². The molecule has 0 aromatic heterocycles. The summed E-state index contributed by atoms with van der Waals surface area (Å²) >= 11 is 0. The van der Waals surface area contributed by atoms with Crippen LogP contribution in [-0.2, 0) is 14.9 Å². The largest absolute Gasteiger partial charge is 0.481 e. The van der Waals surface area contributed by atoms with Gasteiger partial charge >= 0.3 is 5.97 Å². The third-order valence-electron chi connectivity index (χ3n) is 4.74. The summed E-state index contributed by atoms with van der Waals surface area (Å²) in [7, 11) is 0. The first-order valence-corrected chi connectivity index (χ1v) is 8.10. The number of hydrogen-bond acceptors (Lipinski definition) is 2. The smallest absolute Gasteiger partial charge is 0.313 e. The Balaban J connectivity index is 1.95. The van der Waals surface area contributed by atoms with Gasteiger partial charge in [-0.25, -0.2) is 0 Å². The zero-order valence-corrected chi connectivity index (χ0v) is 13.4. The zero-order chi connectivity index (χ0) is 16.3. The summed E-state index contributed by atoms with van der Waals surface area (Å²) in [5.74, 6) is -0.793. The molecular weight excluding hydrogens is 288 g/mol. The molecule has 0 spiro atoms. The van der Waals surface area contributed by atoms with Crippen LogP contribution in [0.1, 0.15) is 31.7 Å². The van der Waals surface area contributed by atoms with E-state index in [0.717, 1.165) is 36.1 Å². The van der Waals surface area contributed by atoms with Gasteiger partial charge < -0.3 is 9.84 Å². The molecule has 2 atom stereocenters. The molecule has 2 aromatic carbocycles. The minimum Gasteiger partial charge on any atom is -0.481 e. The van der Waals surface area contributed by atoms with Crippen LogP contribution in [0, 0.1) is 0 Å². The van der Waals surface area contributed by atoms with Gasteiger partial charge in [0.2, 0.25) is 0 Å². The summed E-state index contributed by atoms with van der Waals surface area (Å²) in [5, 5.41) is 9.85. The highest BCUT2D eigenvalue weighted by molar-refractivity contribution is 5.82. The summed E-state index contributed by atoms with van der Waals surface area (Å²) in [6, 6.07) is 17.9. The average Bonchev–Trinajstić information content (AvgIpc) is 3.08. The number of benzene rings is 2. The summed E-state index contributed by atoms with van der Waals surface area (Å²) in [5.41, 5.74) is 2.05. The van der Waals surface area contributed by atoms with Crippen molar-refractivity contribution >= 4 is 5.97 Å². The number of aliphatic carboxylic acids is 1. The quantitative estimate of drug-likeness (QED) is 0.897. The molecule has 1 aliphatic heterocycles. The van der Waals surface area contributed by atoms with Crippen molar-refractivity contribution in [3.05, 3.63) is 60.2 Å². The van der Waals surface area contributed by atoms with Crippen LogP contribution in [0.5, 0.6) is 0 Å². The van der Waals surface area contributed by atoms with Gasteiger partial charge in [0.1, 0.15) is 0 Å². The first kappa shape index (κ1) is 15.8. The molecule has 1 fully saturated rings. The third-order valence-corrected chi connectivity index (χ3v) is 4.74.